The van der Waals surface area contributed by atoms with Crippen molar-refractivity contribution in [3.05, 3.63) is 114 Å². The van der Waals surface area contributed by atoms with Crippen LogP contribution in [-0.2, 0) is 0 Å². The topological polar surface area (TPSA) is 17.1 Å². The van der Waals surface area contributed by atoms with Crippen molar-refractivity contribution in [1.29, 1.82) is 0 Å². The fourth-order valence-electron chi connectivity index (χ4n) is 5.57. The first-order valence-corrected chi connectivity index (χ1v) is 10.7. The van der Waals surface area contributed by atoms with Gasteiger partial charge in [-0.1, -0.05) is 113 Å². The minimum Gasteiger partial charge on any atom is -0.289 e. The Kier molecular flexibility index (Phi) is 3.29. The Hall–Kier alpha value is -3.91. The highest BCUT2D eigenvalue weighted by Gasteiger charge is 2.33. The lowest BCUT2D eigenvalue weighted by Crippen LogP contribution is -2.53. The van der Waals surface area contributed by atoms with Gasteiger partial charge in [0.25, 0.3) is 0 Å². The van der Waals surface area contributed by atoms with Crippen LogP contribution in [0.15, 0.2) is 103 Å². The SMILES string of the molecule is O=C1c2ccccc2B(c2ccccc2)c2cc3cccc4ccc5ccc1c2c5c43. The zero-order chi connectivity index (χ0) is 20.5. The van der Waals surface area contributed by atoms with Gasteiger partial charge in [-0.05, 0) is 38.4 Å². The average molecular weight is 392 g/mol. The van der Waals surface area contributed by atoms with E-state index in [4.69, 9.17) is 0 Å². The monoisotopic (exact) mass is 392 g/mol. The lowest BCUT2D eigenvalue weighted by Gasteiger charge is -2.20. The van der Waals surface area contributed by atoms with Crippen molar-refractivity contribution >= 4 is 61.2 Å². The molecule has 31 heavy (non-hydrogen) atoms. The molecule has 1 nitrogen and oxygen atoms in total. The molecule has 142 valence electrons. The van der Waals surface area contributed by atoms with E-state index >= 15 is 0 Å². The molecule has 0 bridgehead atoms. The van der Waals surface area contributed by atoms with E-state index in [1.807, 2.05) is 24.3 Å². The van der Waals surface area contributed by atoms with E-state index in [2.05, 4.69) is 78.9 Å². The number of fused-ring (bicyclic) bond motifs is 1. The van der Waals surface area contributed by atoms with Crippen LogP contribution in [-0.4, -0.2) is 12.5 Å². The van der Waals surface area contributed by atoms with Gasteiger partial charge < -0.3 is 0 Å². The van der Waals surface area contributed by atoms with Gasteiger partial charge in [-0.2, -0.15) is 0 Å². The Balaban J connectivity index is 1.76. The number of hydrogen-bond acceptors (Lipinski definition) is 1. The van der Waals surface area contributed by atoms with E-state index in [-0.39, 0.29) is 12.5 Å². The second kappa shape index (κ2) is 6.06. The molecule has 0 spiro atoms. The maximum Gasteiger partial charge on any atom is 0.243 e. The largest absolute Gasteiger partial charge is 0.289 e. The van der Waals surface area contributed by atoms with Gasteiger partial charge >= 0.3 is 0 Å². The van der Waals surface area contributed by atoms with E-state index in [9.17, 15) is 4.79 Å². The van der Waals surface area contributed by atoms with Gasteiger partial charge in [0.2, 0.25) is 6.71 Å². The number of benzene rings is 6. The molecule has 0 fully saturated rings. The molecule has 0 radical (unpaired) electrons. The highest BCUT2D eigenvalue weighted by molar-refractivity contribution is 6.98. The Bertz CT molecular complexity index is 1650. The molecule has 0 amide bonds. The Labute approximate surface area is 180 Å². The third-order valence-corrected chi connectivity index (χ3v) is 6.86. The maximum absolute atomic E-state index is 13.8. The van der Waals surface area contributed by atoms with Crippen LogP contribution in [0.1, 0.15) is 15.9 Å². The van der Waals surface area contributed by atoms with Crippen LogP contribution in [0, 0.1) is 0 Å². The lowest BCUT2D eigenvalue weighted by atomic mass is 9.36. The third kappa shape index (κ3) is 2.19. The Morgan fingerprint density at radius 3 is 2.06 bits per heavy atom. The second-order valence-electron chi connectivity index (χ2n) is 8.46. The number of carbonyl (C=O) groups excluding carboxylic acids is 1. The molecule has 0 atom stereocenters. The predicted octanol–water partition coefficient (Wildman–Crippen LogP) is 4.64. The minimum absolute atomic E-state index is 0.0109. The van der Waals surface area contributed by atoms with Gasteiger partial charge in [-0.3, -0.25) is 4.79 Å². The molecule has 0 unspecified atom stereocenters. The Morgan fingerprint density at radius 2 is 1.19 bits per heavy atom. The highest BCUT2D eigenvalue weighted by Crippen LogP contribution is 2.36. The summed E-state index contributed by atoms with van der Waals surface area (Å²) in [6.07, 6.45) is 0. The lowest BCUT2D eigenvalue weighted by molar-refractivity contribution is 0.104. The van der Waals surface area contributed by atoms with E-state index < -0.39 is 0 Å². The van der Waals surface area contributed by atoms with Crippen LogP contribution >= 0.6 is 0 Å². The highest BCUT2D eigenvalue weighted by atomic mass is 16.1. The van der Waals surface area contributed by atoms with Crippen molar-refractivity contribution in [3.8, 4) is 0 Å². The van der Waals surface area contributed by atoms with Crippen LogP contribution in [0.3, 0.4) is 0 Å². The molecule has 0 saturated carbocycles. The molecule has 1 aliphatic rings. The molecule has 0 N–H and O–H groups in total. The summed E-state index contributed by atoms with van der Waals surface area (Å²) in [6, 6.07) is 36.0. The molecule has 6 aromatic carbocycles. The van der Waals surface area contributed by atoms with Crippen molar-refractivity contribution in [1.82, 2.24) is 0 Å². The first-order valence-electron chi connectivity index (χ1n) is 10.7. The van der Waals surface area contributed by atoms with Crippen molar-refractivity contribution in [2.24, 2.45) is 0 Å². The summed E-state index contributed by atoms with van der Waals surface area (Å²) in [7, 11) is 0. The van der Waals surface area contributed by atoms with Gasteiger partial charge in [-0.25, -0.2) is 0 Å². The molecule has 6 aromatic rings. The van der Waals surface area contributed by atoms with Gasteiger partial charge in [0.05, 0.1) is 0 Å². The minimum atomic E-state index is 0.0109. The van der Waals surface area contributed by atoms with Crippen molar-refractivity contribution < 1.29 is 4.79 Å². The van der Waals surface area contributed by atoms with Crippen LogP contribution < -0.4 is 16.4 Å². The molecule has 0 saturated heterocycles. The molecule has 0 aromatic heterocycles. The molecule has 7 rings (SSSR count). The van der Waals surface area contributed by atoms with Crippen LogP contribution in [0.4, 0.5) is 0 Å². The fraction of sp³-hybridized carbons (Fsp3) is 0. The van der Waals surface area contributed by atoms with Crippen LogP contribution in [0.25, 0.3) is 32.3 Å². The maximum atomic E-state index is 13.8. The predicted molar refractivity (Wildman–Crippen MR) is 131 cm³/mol. The van der Waals surface area contributed by atoms with E-state index in [1.54, 1.807) is 0 Å². The molecule has 0 aliphatic carbocycles. The van der Waals surface area contributed by atoms with Gasteiger partial charge in [0, 0.05) is 11.1 Å². The van der Waals surface area contributed by atoms with Crippen molar-refractivity contribution in [3.63, 3.8) is 0 Å². The fourth-order valence-corrected chi connectivity index (χ4v) is 5.57. The third-order valence-electron chi connectivity index (χ3n) is 6.86. The molecular formula is C29H17BO. The van der Waals surface area contributed by atoms with Gasteiger partial charge in [-0.15, -0.1) is 0 Å². The van der Waals surface area contributed by atoms with Gasteiger partial charge in [0.1, 0.15) is 0 Å². The second-order valence-corrected chi connectivity index (χ2v) is 8.46. The summed E-state index contributed by atoms with van der Waals surface area (Å²) in [6.45, 7) is 0.0109. The van der Waals surface area contributed by atoms with Crippen LogP contribution in [0.5, 0.6) is 0 Å². The number of rotatable bonds is 1. The normalized spacial score (nSPS) is 13.2. The summed E-state index contributed by atoms with van der Waals surface area (Å²) in [5.41, 5.74) is 5.13. The summed E-state index contributed by atoms with van der Waals surface area (Å²) in [5, 5.41) is 7.22. The Morgan fingerprint density at radius 1 is 0.484 bits per heavy atom. The zero-order valence-electron chi connectivity index (χ0n) is 16.8. The number of ketones is 1. The first-order chi connectivity index (χ1) is 15.3. The standard InChI is InChI=1S/C29H17BO/c31-29-22-11-4-5-12-24(22)30(21-9-2-1-3-10-21)25-17-20-8-6-7-18-13-14-19-15-16-23(29)28(25)27(19)26(18)20/h1-17H. The van der Waals surface area contributed by atoms with E-state index in [1.165, 1.54) is 37.9 Å². The van der Waals surface area contributed by atoms with Crippen molar-refractivity contribution in [2.75, 3.05) is 0 Å². The molecule has 1 heterocycles. The average Bonchev–Trinajstić information content (AvgIpc) is 2.93. The first kappa shape index (κ1) is 16.8. The number of hydrogen-bond donors (Lipinski definition) is 0. The number of carbonyl (C=O) groups is 1. The van der Waals surface area contributed by atoms with E-state index in [0.29, 0.717) is 0 Å². The summed E-state index contributed by atoms with van der Waals surface area (Å²) >= 11 is 0. The van der Waals surface area contributed by atoms with Crippen LogP contribution in [0.2, 0.25) is 0 Å². The smallest absolute Gasteiger partial charge is 0.243 e. The summed E-state index contributed by atoms with van der Waals surface area (Å²) in [4.78, 5) is 13.8. The zero-order valence-corrected chi connectivity index (χ0v) is 16.8. The van der Waals surface area contributed by atoms with E-state index in [0.717, 1.165) is 22.0 Å². The quantitative estimate of drug-likeness (QED) is 0.294. The molecular weight excluding hydrogens is 375 g/mol. The van der Waals surface area contributed by atoms with Gasteiger partial charge in [0.15, 0.2) is 5.78 Å². The molecule has 2 heteroatoms. The van der Waals surface area contributed by atoms with Crippen molar-refractivity contribution in [2.45, 2.75) is 0 Å². The summed E-state index contributed by atoms with van der Waals surface area (Å²) in [5.74, 6) is 0.119. The molecule has 1 aliphatic heterocycles. The summed E-state index contributed by atoms with van der Waals surface area (Å²) < 4.78 is 0.